The van der Waals surface area contributed by atoms with Crippen LogP contribution in [-0.4, -0.2) is 18.4 Å². The van der Waals surface area contributed by atoms with Crippen molar-refractivity contribution in [1.29, 1.82) is 0 Å². The standard InChI is InChI=1S/C26H29N3O2/c1-17-13-14-18(2)22(15-17)28-26(31)25(21-11-6-5-7-12-21)27-16-23(30)29-24-19(3)9-8-10-20(24)4/h5-15,25,27H,16H2,1-4H3,(H,28,31)(H,29,30)/p+1/t25-/m0/s1. The number of quaternary nitrogens is 1. The first-order valence-electron chi connectivity index (χ1n) is 10.5. The lowest BCUT2D eigenvalue weighted by Gasteiger charge is -2.17. The van der Waals surface area contributed by atoms with Crippen molar-refractivity contribution in [2.45, 2.75) is 33.7 Å². The van der Waals surface area contributed by atoms with E-state index in [1.54, 1.807) is 5.32 Å². The van der Waals surface area contributed by atoms with Crippen molar-refractivity contribution in [3.63, 3.8) is 0 Å². The molecule has 0 aliphatic rings. The molecule has 0 heterocycles. The summed E-state index contributed by atoms with van der Waals surface area (Å²) in [5.74, 6) is -0.294. The molecule has 3 rings (SSSR count). The van der Waals surface area contributed by atoms with E-state index in [0.29, 0.717) is 0 Å². The number of anilines is 2. The molecule has 2 amide bonds. The first kappa shape index (κ1) is 22.2. The van der Waals surface area contributed by atoms with E-state index in [0.717, 1.165) is 39.2 Å². The highest BCUT2D eigenvalue weighted by Gasteiger charge is 2.25. The summed E-state index contributed by atoms with van der Waals surface area (Å²) in [6.07, 6.45) is 0. The van der Waals surface area contributed by atoms with E-state index in [9.17, 15) is 9.59 Å². The van der Waals surface area contributed by atoms with Gasteiger partial charge in [-0.3, -0.25) is 9.59 Å². The Morgan fingerprint density at radius 1 is 0.806 bits per heavy atom. The molecule has 0 bridgehead atoms. The molecule has 3 aromatic rings. The average molecular weight is 417 g/mol. The average Bonchev–Trinajstić information content (AvgIpc) is 2.74. The van der Waals surface area contributed by atoms with Gasteiger partial charge in [-0.2, -0.15) is 0 Å². The number of hydrogen-bond donors (Lipinski definition) is 3. The number of carbonyl (C=O) groups excluding carboxylic acids is 2. The Morgan fingerprint density at radius 2 is 1.48 bits per heavy atom. The van der Waals surface area contributed by atoms with Gasteiger partial charge in [-0.15, -0.1) is 0 Å². The number of amides is 2. The molecule has 0 radical (unpaired) electrons. The van der Waals surface area contributed by atoms with Crippen LogP contribution in [0.1, 0.15) is 33.9 Å². The molecular weight excluding hydrogens is 386 g/mol. The zero-order valence-electron chi connectivity index (χ0n) is 18.5. The van der Waals surface area contributed by atoms with Crippen molar-refractivity contribution < 1.29 is 14.9 Å². The number of carbonyl (C=O) groups is 2. The highest BCUT2D eigenvalue weighted by atomic mass is 16.2. The number of nitrogens with one attached hydrogen (secondary N) is 2. The molecule has 0 unspecified atom stereocenters. The topological polar surface area (TPSA) is 74.8 Å². The monoisotopic (exact) mass is 416 g/mol. The molecule has 0 aliphatic heterocycles. The lowest BCUT2D eigenvalue weighted by molar-refractivity contribution is -0.671. The van der Waals surface area contributed by atoms with Crippen LogP contribution in [0, 0.1) is 27.7 Å². The second kappa shape index (κ2) is 10.0. The molecule has 0 aromatic heterocycles. The third kappa shape index (κ3) is 5.80. The predicted molar refractivity (Wildman–Crippen MR) is 125 cm³/mol. The Bertz CT molecular complexity index is 1060. The van der Waals surface area contributed by atoms with Crippen LogP contribution in [0.15, 0.2) is 66.7 Å². The van der Waals surface area contributed by atoms with Gasteiger partial charge in [-0.1, -0.05) is 60.7 Å². The summed E-state index contributed by atoms with van der Waals surface area (Å²) in [6, 6.07) is 20.9. The Morgan fingerprint density at radius 3 is 2.16 bits per heavy atom. The van der Waals surface area contributed by atoms with Gasteiger partial charge in [-0.05, 0) is 56.0 Å². The van der Waals surface area contributed by atoms with E-state index in [1.165, 1.54) is 0 Å². The van der Waals surface area contributed by atoms with Gasteiger partial charge in [0.15, 0.2) is 12.6 Å². The quantitative estimate of drug-likeness (QED) is 0.548. The van der Waals surface area contributed by atoms with Crippen molar-refractivity contribution in [2.75, 3.05) is 17.2 Å². The maximum absolute atomic E-state index is 13.2. The summed E-state index contributed by atoms with van der Waals surface area (Å²) in [5.41, 5.74) is 6.58. The molecule has 160 valence electrons. The van der Waals surface area contributed by atoms with Gasteiger partial charge in [0, 0.05) is 16.9 Å². The molecule has 0 aliphatic carbocycles. The maximum atomic E-state index is 13.2. The smallest absolute Gasteiger partial charge is 0.287 e. The summed E-state index contributed by atoms with van der Waals surface area (Å²) >= 11 is 0. The minimum Gasteiger partial charge on any atom is -0.324 e. The minimum atomic E-state index is -0.537. The lowest BCUT2D eigenvalue weighted by Crippen LogP contribution is -2.89. The van der Waals surface area contributed by atoms with E-state index < -0.39 is 6.04 Å². The zero-order valence-corrected chi connectivity index (χ0v) is 18.5. The summed E-state index contributed by atoms with van der Waals surface area (Å²) < 4.78 is 0. The molecule has 1 atom stereocenters. The Balaban J connectivity index is 1.74. The summed E-state index contributed by atoms with van der Waals surface area (Å²) in [6.45, 7) is 8.03. The number of benzene rings is 3. The molecular formula is C26H30N3O2+. The fourth-order valence-corrected chi connectivity index (χ4v) is 3.56. The maximum Gasteiger partial charge on any atom is 0.287 e. The van der Waals surface area contributed by atoms with Crippen LogP contribution in [0.25, 0.3) is 0 Å². The van der Waals surface area contributed by atoms with Crippen LogP contribution in [0.2, 0.25) is 0 Å². The normalized spacial score (nSPS) is 11.6. The summed E-state index contributed by atoms with van der Waals surface area (Å²) in [4.78, 5) is 25.8. The Kier molecular flexibility index (Phi) is 7.21. The molecule has 4 N–H and O–H groups in total. The molecule has 0 fully saturated rings. The third-order valence-corrected chi connectivity index (χ3v) is 5.38. The first-order chi connectivity index (χ1) is 14.8. The van der Waals surface area contributed by atoms with Gasteiger partial charge in [0.1, 0.15) is 0 Å². The molecule has 0 spiro atoms. The number of hydrogen-bond acceptors (Lipinski definition) is 2. The van der Waals surface area contributed by atoms with E-state index in [2.05, 4.69) is 10.6 Å². The largest absolute Gasteiger partial charge is 0.324 e. The van der Waals surface area contributed by atoms with Gasteiger partial charge in [0.2, 0.25) is 0 Å². The first-order valence-corrected chi connectivity index (χ1v) is 10.5. The molecule has 3 aromatic carbocycles. The molecule has 0 saturated carbocycles. The summed E-state index contributed by atoms with van der Waals surface area (Å²) in [5, 5.41) is 7.80. The van der Waals surface area contributed by atoms with Gasteiger partial charge < -0.3 is 16.0 Å². The van der Waals surface area contributed by atoms with Gasteiger partial charge in [-0.25, -0.2) is 0 Å². The number of para-hydroxylation sites is 1. The van der Waals surface area contributed by atoms with Crippen molar-refractivity contribution in [3.05, 3.63) is 94.5 Å². The second-order valence-corrected chi connectivity index (χ2v) is 7.95. The van der Waals surface area contributed by atoms with Crippen molar-refractivity contribution in [1.82, 2.24) is 0 Å². The fourth-order valence-electron chi connectivity index (χ4n) is 3.56. The van der Waals surface area contributed by atoms with Gasteiger partial charge in [0.25, 0.3) is 11.8 Å². The Hall–Kier alpha value is -3.44. The highest BCUT2D eigenvalue weighted by molar-refractivity contribution is 5.96. The van der Waals surface area contributed by atoms with Gasteiger partial charge in [0.05, 0.1) is 0 Å². The van der Waals surface area contributed by atoms with Gasteiger partial charge >= 0.3 is 0 Å². The number of nitrogens with two attached hydrogens (primary N) is 1. The third-order valence-electron chi connectivity index (χ3n) is 5.38. The summed E-state index contributed by atoms with van der Waals surface area (Å²) in [7, 11) is 0. The van der Waals surface area contributed by atoms with Crippen LogP contribution >= 0.6 is 0 Å². The van der Waals surface area contributed by atoms with E-state index in [1.807, 2.05) is 94.4 Å². The molecule has 31 heavy (non-hydrogen) atoms. The molecule has 0 saturated heterocycles. The molecule has 5 heteroatoms. The minimum absolute atomic E-state index is 0.132. The van der Waals surface area contributed by atoms with Crippen LogP contribution in [0.5, 0.6) is 0 Å². The van der Waals surface area contributed by atoms with Crippen LogP contribution in [0.3, 0.4) is 0 Å². The highest BCUT2D eigenvalue weighted by Crippen LogP contribution is 2.20. The van der Waals surface area contributed by atoms with Crippen LogP contribution < -0.4 is 16.0 Å². The second-order valence-electron chi connectivity index (χ2n) is 7.95. The fraction of sp³-hybridized carbons (Fsp3) is 0.231. The van der Waals surface area contributed by atoms with E-state index in [4.69, 9.17) is 0 Å². The number of aryl methyl sites for hydroxylation is 4. The van der Waals surface area contributed by atoms with Crippen molar-refractivity contribution >= 4 is 23.2 Å². The molecule has 5 nitrogen and oxygen atoms in total. The van der Waals surface area contributed by atoms with E-state index in [-0.39, 0.29) is 18.4 Å². The zero-order chi connectivity index (χ0) is 22.4. The van der Waals surface area contributed by atoms with Crippen molar-refractivity contribution in [3.8, 4) is 0 Å². The van der Waals surface area contributed by atoms with Crippen LogP contribution in [0.4, 0.5) is 11.4 Å². The van der Waals surface area contributed by atoms with E-state index >= 15 is 0 Å². The lowest BCUT2D eigenvalue weighted by atomic mass is 10.0. The Labute approximate surface area is 183 Å². The predicted octanol–water partition coefficient (Wildman–Crippen LogP) is 3.80. The SMILES string of the molecule is Cc1ccc(C)c(NC(=O)[C@@H]([NH2+]CC(=O)Nc2c(C)cccc2C)c2ccccc2)c1. The number of rotatable bonds is 7. The van der Waals surface area contributed by atoms with Crippen molar-refractivity contribution in [2.24, 2.45) is 0 Å². The van der Waals surface area contributed by atoms with Crippen LogP contribution in [-0.2, 0) is 9.59 Å².